The molecule has 2 rings (SSSR count). The lowest BCUT2D eigenvalue weighted by molar-refractivity contribution is 0.241. The van der Waals surface area contributed by atoms with Crippen molar-refractivity contribution in [2.24, 2.45) is 11.7 Å². The number of nitrogens with two attached hydrogens (primary N) is 1. The Labute approximate surface area is 126 Å². The Bertz CT molecular complexity index is 510. The van der Waals surface area contributed by atoms with E-state index in [1.54, 1.807) is 0 Å². The summed E-state index contributed by atoms with van der Waals surface area (Å²) in [7, 11) is 0. The Hall–Kier alpha value is -2.13. The first-order valence-electron chi connectivity index (χ1n) is 7.29. The first kappa shape index (κ1) is 15.3. The minimum absolute atomic E-state index is 0.0671. The Kier molecular flexibility index (Phi) is 5.52. The van der Waals surface area contributed by atoms with Crippen molar-refractivity contribution in [3.8, 4) is 0 Å². The SMILES string of the molecule is CC(CN(Cc1ccccc1)Cc1ccccc1)C(=N)N. The Morgan fingerprint density at radius 3 is 1.76 bits per heavy atom. The summed E-state index contributed by atoms with van der Waals surface area (Å²) in [4.78, 5) is 2.34. The largest absolute Gasteiger partial charge is 0.387 e. The van der Waals surface area contributed by atoms with Gasteiger partial charge in [0.2, 0.25) is 0 Å². The van der Waals surface area contributed by atoms with Gasteiger partial charge in [0.25, 0.3) is 0 Å². The van der Waals surface area contributed by atoms with Crippen LogP contribution in [-0.4, -0.2) is 17.3 Å². The van der Waals surface area contributed by atoms with Crippen LogP contribution in [0.2, 0.25) is 0 Å². The predicted molar refractivity (Wildman–Crippen MR) is 88.1 cm³/mol. The molecule has 0 aliphatic carbocycles. The quantitative estimate of drug-likeness (QED) is 0.604. The van der Waals surface area contributed by atoms with E-state index in [-0.39, 0.29) is 11.8 Å². The van der Waals surface area contributed by atoms with Gasteiger partial charge in [0, 0.05) is 25.6 Å². The van der Waals surface area contributed by atoms with Gasteiger partial charge in [-0.3, -0.25) is 10.3 Å². The summed E-state index contributed by atoms with van der Waals surface area (Å²) < 4.78 is 0. The average molecular weight is 281 g/mol. The monoisotopic (exact) mass is 281 g/mol. The van der Waals surface area contributed by atoms with Crippen molar-refractivity contribution in [3.63, 3.8) is 0 Å². The lowest BCUT2D eigenvalue weighted by atomic mass is 10.1. The third-order valence-electron chi connectivity index (χ3n) is 3.56. The minimum Gasteiger partial charge on any atom is -0.387 e. The fraction of sp³-hybridized carbons (Fsp3) is 0.278. The van der Waals surface area contributed by atoms with Crippen molar-refractivity contribution in [3.05, 3.63) is 71.8 Å². The van der Waals surface area contributed by atoms with Gasteiger partial charge < -0.3 is 5.73 Å². The number of nitrogens with one attached hydrogen (secondary N) is 1. The molecule has 0 heterocycles. The summed E-state index contributed by atoms with van der Waals surface area (Å²) in [6, 6.07) is 20.8. The number of hydrogen-bond acceptors (Lipinski definition) is 2. The number of benzene rings is 2. The van der Waals surface area contributed by atoms with Crippen molar-refractivity contribution in [2.45, 2.75) is 20.0 Å². The fourth-order valence-electron chi connectivity index (χ4n) is 2.35. The van der Waals surface area contributed by atoms with Gasteiger partial charge in [-0.2, -0.15) is 0 Å². The summed E-state index contributed by atoms with van der Waals surface area (Å²) in [5.74, 6) is 0.318. The summed E-state index contributed by atoms with van der Waals surface area (Å²) in [6.45, 7) is 4.53. The van der Waals surface area contributed by atoms with Gasteiger partial charge in [0.15, 0.2) is 0 Å². The molecule has 0 radical (unpaired) electrons. The molecule has 2 aromatic carbocycles. The van der Waals surface area contributed by atoms with Gasteiger partial charge in [-0.25, -0.2) is 0 Å². The summed E-state index contributed by atoms with van der Waals surface area (Å²) in [6.07, 6.45) is 0. The van der Waals surface area contributed by atoms with Crippen molar-refractivity contribution in [1.29, 1.82) is 5.41 Å². The van der Waals surface area contributed by atoms with E-state index in [1.165, 1.54) is 11.1 Å². The van der Waals surface area contributed by atoms with Crippen LogP contribution >= 0.6 is 0 Å². The Morgan fingerprint density at radius 2 is 1.38 bits per heavy atom. The molecule has 0 bridgehead atoms. The smallest absolute Gasteiger partial charge is 0.0947 e. The topological polar surface area (TPSA) is 53.1 Å². The molecular weight excluding hydrogens is 258 g/mol. The number of nitrogens with zero attached hydrogens (tertiary/aromatic N) is 1. The second kappa shape index (κ2) is 7.60. The summed E-state index contributed by atoms with van der Waals surface area (Å²) in [5.41, 5.74) is 8.19. The van der Waals surface area contributed by atoms with Gasteiger partial charge >= 0.3 is 0 Å². The number of amidine groups is 1. The van der Waals surface area contributed by atoms with Crippen molar-refractivity contribution in [2.75, 3.05) is 6.54 Å². The van der Waals surface area contributed by atoms with Crippen molar-refractivity contribution in [1.82, 2.24) is 4.90 Å². The maximum Gasteiger partial charge on any atom is 0.0947 e. The van der Waals surface area contributed by atoms with Gasteiger partial charge in [-0.15, -0.1) is 0 Å². The highest BCUT2D eigenvalue weighted by atomic mass is 15.1. The number of hydrogen-bond donors (Lipinski definition) is 2. The molecule has 3 N–H and O–H groups in total. The normalized spacial score (nSPS) is 12.3. The molecule has 2 aromatic rings. The first-order valence-corrected chi connectivity index (χ1v) is 7.29. The molecule has 0 saturated heterocycles. The first-order chi connectivity index (χ1) is 10.1. The molecule has 3 heteroatoms. The number of rotatable bonds is 7. The van der Waals surface area contributed by atoms with E-state index in [1.807, 2.05) is 19.1 Å². The van der Waals surface area contributed by atoms with E-state index < -0.39 is 0 Å². The zero-order valence-electron chi connectivity index (χ0n) is 12.5. The standard InChI is InChI=1S/C18H23N3/c1-15(18(19)20)12-21(13-16-8-4-2-5-9-16)14-17-10-6-3-7-11-17/h2-11,15H,12-14H2,1H3,(H3,19,20). The van der Waals surface area contributed by atoms with Crippen LogP contribution in [0.4, 0.5) is 0 Å². The summed E-state index contributed by atoms with van der Waals surface area (Å²) >= 11 is 0. The molecule has 0 fully saturated rings. The molecule has 0 aromatic heterocycles. The maximum atomic E-state index is 7.60. The van der Waals surface area contributed by atoms with E-state index in [9.17, 15) is 0 Å². The second-order valence-electron chi connectivity index (χ2n) is 5.50. The highest BCUT2D eigenvalue weighted by Gasteiger charge is 2.13. The van der Waals surface area contributed by atoms with Crippen molar-refractivity contribution < 1.29 is 0 Å². The van der Waals surface area contributed by atoms with E-state index in [2.05, 4.69) is 53.4 Å². The maximum absolute atomic E-state index is 7.60. The minimum atomic E-state index is 0.0671. The van der Waals surface area contributed by atoms with E-state index in [4.69, 9.17) is 11.1 Å². The summed E-state index contributed by atoms with van der Waals surface area (Å²) in [5, 5.41) is 7.60. The zero-order valence-corrected chi connectivity index (χ0v) is 12.5. The molecule has 21 heavy (non-hydrogen) atoms. The molecule has 0 spiro atoms. The van der Waals surface area contributed by atoms with Crippen LogP contribution in [0, 0.1) is 11.3 Å². The molecule has 1 unspecified atom stereocenters. The molecule has 110 valence electrons. The molecule has 0 saturated carbocycles. The zero-order chi connectivity index (χ0) is 15.1. The third kappa shape index (κ3) is 5.04. The van der Waals surface area contributed by atoms with Crippen molar-refractivity contribution >= 4 is 5.84 Å². The Morgan fingerprint density at radius 1 is 0.952 bits per heavy atom. The molecule has 0 amide bonds. The predicted octanol–water partition coefficient (Wildman–Crippen LogP) is 3.26. The lowest BCUT2D eigenvalue weighted by Gasteiger charge is -2.25. The van der Waals surface area contributed by atoms with Crippen LogP contribution < -0.4 is 5.73 Å². The van der Waals surface area contributed by atoms with Crippen LogP contribution in [0.25, 0.3) is 0 Å². The van der Waals surface area contributed by atoms with Crippen LogP contribution in [-0.2, 0) is 13.1 Å². The van der Waals surface area contributed by atoms with Crippen LogP contribution in [0.3, 0.4) is 0 Å². The molecule has 0 aliphatic heterocycles. The second-order valence-corrected chi connectivity index (χ2v) is 5.50. The van der Waals surface area contributed by atoms with Crippen LogP contribution in [0.15, 0.2) is 60.7 Å². The highest BCUT2D eigenvalue weighted by molar-refractivity contribution is 5.79. The molecular formula is C18H23N3. The van der Waals surface area contributed by atoms with Gasteiger partial charge in [-0.1, -0.05) is 67.6 Å². The Balaban J connectivity index is 2.08. The van der Waals surface area contributed by atoms with Gasteiger partial charge in [-0.05, 0) is 11.1 Å². The van der Waals surface area contributed by atoms with Gasteiger partial charge in [0.1, 0.15) is 0 Å². The van der Waals surface area contributed by atoms with E-state index >= 15 is 0 Å². The van der Waals surface area contributed by atoms with Crippen LogP contribution in [0.5, 0.6) is 0 Å². The van der Waals surface area contributed by atoms with E-state index in [0.29, 0.717) is 0 Å². The fourth-order valence-corrected chi connectivity index (χ4v) is 2.35. The third-order valence-corrected chi connectivity index (χ3v) is 3.56. The molecule has 3 nitrogen and oxygen atoms in total. The average Bonchev–Trinajstić information content (AvgIpc) is 2.49. The molecule has 1 atom stereocenters. The van der Waals surface area contributed by atoms with Gasteiger partial charge in [0.05, 0.1) is 5.84 Å². The van der Waals surface area contributed by atoms with E-state index in [0.717, 1.165) is 19.6 Å². The lowest BCUT2D eigenvalue weighted by Crippen LogP contribution is -2.33. The highest BCUT2D eigenvalue weighted by Crippen LogP contribution is 2.12. The van der Waals surface area contributed by atoms with Crippen LogP contribution in [0.1, 0.15) is 18.1 Å². The molecule has 0 aliphatic rings.